The largest absolute Gasteiger partial charge is 0.342 e. The van der Waals surface area contributed by atoms with Gasteiger partial charge in [-0.1, -0.05) is 24.3 Å². The van der Waals surface area contributed by atoms with Crippen molar-refractivity contribution in [3.8, 4) is 11.4 Å². The molecule has 0 radical (unpaired) electrons. The number of imidazole rings is 1. The third kappa shape index (κ3) is 3.39. The number of fused-ring (bicyclic) bond motifs is 1. The first kappa shape index (κ1) is 18.3. The van der Waals surface area contributed by atoms with E-state index in [1.807, 2.05) is 64.2 Å². The number of carbonyl (C=O) groups is 1. The fourth-order valence-electron chi connectivity index (χ4n) is 4.07. The first-order chi connectivity index (χ1) is 14.7. The van der Waals surface area contributed by atoms with Gasteiger partial charge >= 0.3 is 0 Å². The maximum atomic E-state index is 11.7. The summed E-state index contributed by atoms with van der Waals surface area (Å²) < 4.78 is 2.01. The minimum Gasteiger partial charge on any atom is -0.342 e. The van der Waals surface area contributed by atoms with Crippen LogP contribution in [0.1, 0.15) is 24.8 Å². The van der Waals surface area contributed by atoms with Gasteiger partial charge in [0, 0.05) is 44.0 Å². The zero-order valence-electron chi connectivity index (χ0n) is 16.7. The number of nitrogens with zero attached hydrogens (tertiary/aromatic N) is 5. The molecule has 0 bridgehead atoms. The summed E-state index contributed by atoms with van der Waals surface area (Å²) in [6.07, 6.45) is 6.51. The predicted molar refractivity (Wildman–Crippen MR) is 116 cm³/mol. The average Bonchev–Trinajstić information content (AvgIpc) is 3.42. The third-order valence-corrected chi connectivity index (χ3v) is 5.62. The Bertz CT molecular complexity index is 1220. The van der Waals surface area contributed by atoms with E-state index >= 15 is 0 Å². The summed E-state index contributed by atoms with van der Waals surface area (Å²) in [4.78, 5) is 27.2. The summed E-state index contributed by atoms with van der Waals surface area (Å²) in [7, 11) is 0. The maximum absolute atomic E-state index is 11.7. The fraction of sp³-hybridized carbons (Fsp3) is 0.217. The van der Waals surface area contributed by atoms with Gasteiger partial charge < -0.3 is 10.2 Å². The Kier molecular flexibility index (Phi) is 4.63. The summed E-state index contributed by atoms with van der Waals surface area (Å²) in [5, 5.41) is 3.39. The number of carbonyl (C=O) groups excluding carboxylic acids is 1. The van der Waals surface area contributed by atoms with E-state index in [0.717, 1.165) is 42.2 Å². The summed E-state index contributed by atoms with van der Waals surface area (Å²) in [6, 6.07) is 16.0. The van der Waals surface area contributed by atoms with Gasteiger partial charge in [0.1, 0.15) is 5.65 Å². The van der Waals surface area contributed by atoms with Crippen LogP contribution >= 0.6 is 0 Å². The molecule has 4 aromatic rings. The minimum atomic E-state index is 0.131. The molecule has 7 nitrogen and oxygen atoms in total. The molecule has 1 atom stereocenters. The standard InChI is InChI=1S/C23H22N6O/c1-16(30)28-13-10-17(15-28)18-6-2-3-7-19(18)26-23-24-11-9-20(27-23)21-14-25-22-8-4-5-12-29(21)22/h2-9,11-12,14,17H,10,13,15H2,1H3,(H,24,26,27). The molecule has 4 heterocycles. The molecule has 0 aliphatic carbocycles. The monoisotopic (exact) mass is 398 g/mol. The van der Waals surface area contributed by atoms with E-state index in [1.54, 1.807) is 13.1 Å². The molecule has 1 fully saturated rings. The Morgan fingerprint density at radius 3 is 2.83 bits per heavy atom. The molecule has 1 aliphatic rings. The number of rotatable bonds is 4. The molecular formula is C23H22N6O. The molecule has 30 heavy (non-hydrogen) atoms. The number of nitrogens with one attached hydrogen (secondary N) is 1. The lowest BCUT2D eigenvalue weighted by molar-refractivity contribution is -0.127. The Hall–Kier alpha value is -3.74. The van der Waals surface area contributed by atoms with Gasteiger partial charge in [0.2, 0.25) is 11.9 Å². The third-order valence-electron chi connectivity index (χ3n) is 5.62. The minimum absolute atomic E-state index is 0.131. The molecule has 3 aromatic heterocycles. The van der Waals surface area contributed by atoms with Crippen molar-refractivity contribution in [2.24, 2.45) is 0 Å². The molecule has 1 aromatic carbocycles. The summed E-state index contributed by atoms with van der Waals surface area (Å²) in [5.41, 5.74) is 4.75. The van der Waals surface area contributed by atoms with Gasteiger partial charge in [-0.2, -0.15) is 0 Å². The number of likely N-dealkylation sites (tertiary alicyclic amines) is 1. The van der Waals surface area contributed by atoms with Crippen molar-refractivity contribution in [2.75, 3.05) is 18.4 Å². The van der Waals surface area contributed by atoms with Crippen LogP contribution in [-0.4, -0.2) is 43.2 Å². The van der Waals surface area contributed by atoms with E-state index in [-0.39, 0.29) is 5.91 Å². The second-order valence-corrected chi connectivity index (χ2v) is 7.50. The van der Waals surface area contributed by atoms with Crippen LogP contribution in [0.15, 0.2) is 67.1 Å². The van der Waals surface area contributed by atoms with Crippen molar-refractivity contribution in [3.63, 3.8) is 0 Å². The van der Waals surface area contributed by atoms with Crippen LogP contribution in [0.25, 0.3) is 17.0 Å². The van der Waals surface area contributed by atoms with Crippen molar-refractivity contribution in [1.82, 2.24) is 24.3 Å². The van der Waals surface area contributed by atoms with Crippen LogP contribution < -0.4 is 5.32 Å². The average molecular weight is 398 g/mol. The maximum Gasteiger partial charge on any atom is 0.227 e. The second kappa shape index (κ2) is 7.59. The van der Waals surface area contributed by atoms with Gasteiger partial charge in [-0.25, -0.2) is 15.0 Å². The van der Waals surface area contributed by atoms with Gasteiger partial charge in [0.05, 0.1) is 17.6 Å². The van der Waals surface area contributed by atoms with Gasteiger partial charge in [0.25, 0.3) is 0 Å². The molecule has 5 rings (SSSR count). The summed E-state index contributed by atoms with van der Waals surface area (Å²) in [5.74, 6) is 0.971. The van der Waals surface area contributed by atoms with Crippen LogP contribution in [0.4, 0.5) is 11.6 Å². The number of pyridine rings is 1. The molecule has 0 spiro atoms. The quantitative estimate of drug-likeness (QED) is 0.565. The molecular weight excluding hydrogens is 376 g/mol. The van der Waals surface area contributed by atoms with Crippen LogP contribution in [0.3, 0.4) is 0 Å². The molecule has 150 valence electrons. The van der Waals surface area contributed by atoms with E-state index < -0.39 is 0 Å². The molecule has 1 aliphatic heterocycles. The Morgan fingerprint density at radius 1 is 1.10 bits per heavy atom. The summed E-state index contributed by atoms with van der Waals surface area (Å²) in [6.45, 7) is 3.18. The van der Waals surface area contributed by atoms with Crippen molar-refractivity contribution in [2.45, 2.75) is 19.3 Å². The summed E-state index contributed by atoms with van der Waals surface area (Å²) >= 11 is 0. The Morgan fingerprint density at radius 2 is 1.97 bits per heavy atom. The first-order valence-electron chi connectivity index (χ1n) is 10.1. The molecule has 7 heteroatoms. The molecule has 1 N–H and O–H groups in total. The van der Waals surface area contributed by atoms with E-state index in [0.29, 0.717) is 11.9 Å². The fourth-order valence-corrected chi connectivity index (χ4v) is 4.07. The van der Waals surface area contributed by atoms with Gasteiger partial charge in [-0.05, 0) is 36.2 Å². The molecule has 1 unspecified atom stereocenters. The van der Waals surface area contributed by atoms with Crippen molar-refractivity contribution in [3.05, 3.63) is 72.7 Å². The predicted octanol–water partition coefficient (Wildman–Crippen LogP) is 3.87. The smallest absolute Gasteiger partial charge is 0.227 e. The normalized spacial score (nSPS) is 16.2. The SMILES string of the molecule is CC(=O)N1CCC(c2ccccc2Nc2nccc(-c3cnc4ccccn34)n2)C1. The van der Waals surface area contributed by atoms with Crippen molar-refractivity contribution in [1.29, 1.82) is 0 Å². The lowest BCUT2D eigenvalue weighted by atomic mass is 9.96. The van der Waals surface area contributed by atoms with E-state index in [4.69, 9.17) is 4.98 Å². The van der Waals surface area contributed by atoms with Crippen LogP contribution in [0.5, 0.6) is 0 Å². The number of anilines is 2. The molecule has 1 saturated heterocycles. The van der Waals surface area contributed by atoms with E-state index in [2.05, 4.69) is 21.4 Å². The first-order valence-corrected chi connectivity index (χ1v) is 10.1. The van der Waals surface area contributed by atoms with Gasteiger partial charge in [0.15, 0.2) is 0 Å². The highest BCUT2D eigenvalue weighted by atomic mass is 16.2. The number of aromatic nitrogens is 4. The zero-order valence-corrected chi connectivity index (χ0v) is 16.7. The number of hydrogen-bond donors (Lipinski definition) is 1. The Labute approximate surface area is 174 Å². The lowest BCUT2D eigenvalue weighted by Crippen LogP contribution is -2.25. The van der Waals surface area contributed by atoms with Crippen molar-refractivity contribution >= 4 is 23.2 Å². The second-order valence-electron chi connectivity index (χ2n) is 7.50. The van der Waals surface area contributed by atoms with Crippen LogP contribution in [-0.2, 0) is 4.79 Å². The molecule has 1 amide bonds. The highest BCUT2D eigenvalue weighted by Gasteiger charge is 2.27. The number of hydrogen-bond acceptors (Lipinski definition) is 5. The van der Waals surface area contributed by atoms with Gasteiger partial charge in [-0.3, -0.25) is 9.20 Å². The number of para-hydroxylation sites is 1. The van der Waals surface area contributed by atoms with E-state index in [9.17, 15) is 4.79 Å². The zero-order chi connectivity index (χ0) is 20.5. The molecule has 0 saturated carbocycles. The van der Waals surface area contributed by atoms with Gasteiger partial charge in [-0.15, -0.1) is 0 Å². The van der Waals surface area contributed by atoms with Crippen molar-refractivity contribution < 1.29 is 4.79 Å². The topological polar surface area (TPSA) is 75.4 Å². The Balaban J connectivity index is 1.44. The number of amides is 1. The van der Waals surface area contributed by atoms with Crippen LogP contribution in [0, 0.1) is 0 Å². The lowest BCUT2D eigenvalue weighted by Gasteiger charge is -2.17. The number of benzene rings is 1. The highest BCUT2D eigenvalue weighted by molar-refractivity contribution is 5.74. The highest BCUT2D eigenvalue weighted by Crippen LogP contribution is 2.33. The van der Waals surface area contributed by atoms with Crippen LogP contribution in [0.2, 0.25) is 0 Å². The van der Waals surface area contributed by atoms with E-state index in [1.165, 1.54) is 5.56 Å².